The first kappa shape index (κ1) is 12.0. The van der Waals surface area contributed by atoms with Gasteiger partial charge in [0.1, 0.15) is 5.75 Å². The number of benzene rings is 2. The van der Waals surface area contributed by atoms with Gasteiger partial charge in [-0.2, -0.15) is 0 Å². The fourth-order valence-electron chi connectivity index (χ4n) is 1.76. The van der Waals surface area contributed by atoms with E-state index in [1.165, 1.54) is 0 Å². The second kappa shape index (κ2) is 5.26. The van der Waals surface area contributed by atoms with E-state index in [1.54, 1.807) is 22.3 Å². The minimum atomic E-state index is 0.214. The Morgan fingerprint density at radius 3 is 2.53 bits per heavy atom. The van der Waals surface area contributed by atoms with Crippen LogP contribution in [0.4, 0.5) is 0 Å². The molecule has 0 amide bonds. The lowest BCUT2D eigenvalue weighted by atomic mass is 10.2. The zero-order valence-electron chi connectivity index (χ0n) is 9.89. The van der Waals surface area contributed by atoms with Crippen molar-refractivity contribution >= 4 is 23.1 Å². The Hall–Kier alpha value is -2.11. The molecule has 1 N–H and O–H groups in total. The van der Waals surface area contributed by atoms with Gasteiger partial charge in [0.25, 0.3) is 0 Å². The van der Waals surface area contributed by atoms with Crippen molar-refractivity contribution < 1.29 is 14.3 Å². The van der Waals surface area contributed by atoms with E-state index in [0.717, 1.165) is 23.1 Å². The lowest BCUT2D eigenvalue weighted by Gasteiger charge is -2.04. The van der Waals surface area contributed by atoms with Gasteiger partial charge in [0.05, 0.1) is 11.7 Å². The van der Waals surface area contributed by atoms with Crippen molar-refractivity contribution in [2.45, 2.75) is 0 Å². The zero-order chi connectivity index (χ0) is 13.1. The van der Waals surface area contributed by atoms with Gasteiger partial charge < -0.3 is 9.99 Å². The third-order valence-electron chi connectivity index (χ3n) is 2.64. The number of nitrogens with zero attached hydrogens (tertiary/aromatic N) is 1. The monoisotopic (exact) mass is 273 g/mol. The summed E-state index contributed by atoms with van der Waals surface area (Å²) in [4.78, 5) is 5.13. The largest absolute Gasteiger partial charge is 0.506 e. The zero-order valence-corrected chi connectivity index (χ0v) is 10.7. The molecule has 0 bridgehead atoms. The highest BCUT2D eigenvalue weighted by atomic mass is 32.2. The molecule has 2 aromatic carbocycles. The highest BCUT2D eigenvalue weighted by molar-refractivity contribution is 7.93. The van der Waals surface area contributed by atoms with Gasteiger partial charge in [0, 0.05) is 5.39 Å². The molecule has 0 aliphatic heterocycles. The van der Waals surface area contributed by atoms with E-state index >= 15 is 0 Å². The van der Waals surface area contributed by atoms with Gasteiger partial charge in [-0.1, -0.05) is 34.7 Å². The summed E-state index contributed by atoms with van der Waals surface area (Å²) < 4.78 is 6.80. The van der Waals surface area contributed by atoms with Crippen LogP contribution >= 0.6 is 12.2 Å². The van der Waals surface area contributed by atoms with Crippen LogP contribution in [0.5, 0.6) is 11.5 Å². The maximum Gasteiger partial charge on any atom is 0.169 e. The average molecular weight is 273 g/mol. The Bertz CT molecular complexity index is 681. The van der Waals surface area contributed by atoms with Gasteiger partial charge in [-0.3, -0.25) is 3.97 Å². The first-order chi connectivity index (χ1) is 9.34. The summed E-state index contributed by atoms with van der Waals surface area (Å²) in [5.41, 5.74) is 0.863. The van der Waals surface area contributed by atoms with Gasteiger partial charge in [-0.15, -0.1) is 0 Å². The van der Waals surface area contributed by atoms with Crippen molar-refractivity contribution in [3.63, 3.8) is 0 Å². The van der Waals surface area contributed by atoms with Crippen LogP contribution < -0.4 is 4.89 Å². The number of para-hydroxylation sites is 2. The summed E-state index contributed by atoms with van der Waals surface area (Å²) in [7, 11) is 0. The Balaban J connectivity index is 1.72. The average Bonchev–Trinajstić information content (AvgIpc) is 2.78. The second-order valence-corrected chi connectivity index (χ2v) is 4.57. The number of rotatable bonds is 4. The molecule has 0 saturated heterocycles. The molecule has 5 heteroatoms. The van der Waals surface area contributed by atoms with Gasteiger partial charge in [0.15, 0.2) is 18.0 Å². The molecule has 0 saturated carbocycles. The highest BCUT2D eigenvalue weighted by Gasteiger charge is 2.08. The Labute approximate surface area is 114 Å². The van der Waals surface area contributed by atoms with E-state index in [0.29, 0.717) is 5.75 Å². The molecule has 19 heavy (non-hydrogen) atoms. The first-order valence-electron chi connectivity index (χ1n) is 5.70. The molecule has 0 radical (unpaired) electrons. The SMILES string of the molecule is Oc1cn(SOOc2ccccc2)c2ccccc12. The predicted molar refractivity (Wildman–Crippen MR) is 74.7 cm³/mol. The quantitative estimate of drug-likeness (QED) is 0.446. The third kappa shape index (κ3) is 2.52. The van der Waals surface area contributed by atoms with Crippen LogP contribution in [-0.2, 0) is 4.33 Å². The number of aromatic nitrogens is 1. The van der Waals surface area contributed by atoms with Crippen LogP contribution in [-0.4, -0.2) is 9.08 Å². The van der Waals surface area contributed by atoms with Crippen LogP contribution in [0.25, 0.3) is 10.9 Å². The molecule has 1 heterocycles. The van der Waals surface area contributed by atoms with Crippen LogP contribution in [0.3, 0.4) is 0 Å². The fraction of sp³-hybridized carbons (Fsp3) is 0. The number of hydrogen-bond donors (Lipinski definition) is 1. The molecule has 3 rings (SSSR count). The summed E-state index contributed by atoms with van der Waals surface area (Å²) in [6.45, 7) is 0. The molecule has 0 fully saturated rings. The van der Waals surface area contributed by atoms with Crippen molar-refractivity contribution in [1.29, 1.82) is 0 Å². The number of aromatic hydroxyl groups is 1. The van der Waals surface area contributed by atoms with Gasteiger partial charge in [0.2, 0.25) is 0 Å². The van der Waals surface area contributed by atoms with Crippen LogP contribution in [0.2, 0.25) is 0 Å². The fourth-order valence-corrected chi connectivity index (χ4v) is 2.31. The van der Waals surface area contributed by atoms with E-state index < -0.39 is 0 Å². The van der Waals surface area contributed by atoms with E-state index in [2.05, 4.69) is 0 Å². The van der Waals surface area contributed by atoms with Crippen LogP contribution in [0.15, 0.2) is 60.8 Å². The molecule has 1 aromatic heterocycles. The van der Waals surface area contributed by atoms with Crippen molar-refractivity contribution in [2.75, 3.05) is 0 Å². The molecule has 3 aromatic rings. The summed E-state index contributed by atoms with van der Waals surface area (Å²) >= 11 is 1.00. The van der Waals surface area contributed by atoms with Gasteiger partial charge >= 0.3 is 0 Å². The maximum absolute atomic E-state index is 9.78. The predicted octanol–water partition coefficient (Wildman–Crippen LogP) is 3.77. The molecule has 0 atom stereocenters. The molecule has 4 nitrogen and oxygen atoms in total. The van der Waals surface area contributed by atoms with Gasteiger partial charge in [-0.25, -0.2) is 0 Å². The normalized spacial score (nSPS) is 10.7. The molecule has 0 aliphatic rings. The number of fused-ring (bicyclic) bond motifs is 1. The second-order valence-electron chi connectivity index (χ2n) is 3.90. The van der Waals surface area contributed by atoms with E-state index in [9.17, 15) is 5.11 Å². The van der Waals surface area contributed by atoms with E-state index in [-0.39, 0.29) is 5.75 Å². The Morgan fingerprint density at radius 1 is 0.947 bits per heavy atom. The molecular weight excluding hydrogens is 262 g/mol. The molecule has 96 valence electrons. The van der Waals surface area contributed by atoms with Crippen LogP contribution in [0, 0.1) is 0 Å². The van der Waals surface area contributed by atoms with E-state index in [4.69, 9.17) is 9.22 Å². The maximum atomic E-state index is 9.78. The van der Waals surface area contributed by atoms with Crippen molar-refractivity contribution in [3.05, 3.63) is 60.8 Å². The topological polar surface area (TPSA) is 43.6 Å². The lowest BCUT2D eigenvalue weighted by molar-refractivity contribution is -0.0785. The Morgan fingerprint density at radius 2 is 1.68 bits per heavy atom. The van der Waals surface area contributed by atoms with Gasteiger partial charge in [-0.05, 0) is 24.3 Å². The number of hydrogen-bond acceptors (Lipinski definition) is 4. The summed E-state index contributed by atoms with van der Waals surface area (Å²) in [5.74, 6) is 0.835. The highest BCUT2D eigenvalue weighted by Crippen LogP contribution is 2.30. The molecule has 0 aliphatic carbocycles. The van der Waals surface area contributed by atoms with Crippen LogP contribution in [0.1, 0.15) is 0 Å². The Kier molecular flexibility index (Phi) is 3.31. The minimum Gasteiger partial charge on any atom is -0.506 e. The standard InChI is InChI=1S/C14H11NO3S/c16-14-10-15(13-9-5-4-8-12(13)14)19-18-17-11-6-2-1-3-7-11/h1-10,16H. The summed E-state index contributed by atoms with van der Waals surface area (Å²) in [5, 5.41) is 10.6. The first-order valence-corrected chi connectivity index (χ1v) is 6.40. The van der Waals surface area contributed by atoms with E-state index in [1.807, 2.05) is 42.5 Å². The third-order valence-corrected chi connectivity index (χ3v) is 3.23. The summed E-state index contributed by atoms with van der Waals surface area (Å²) in [6.07, 6.45) is 1.59. The van der Waals surface area contributed by atoms with Crippen molar-refractivity contribution in [3.8, 4) is 11.5 Å². The van der Waals surface area contributed by atoms with Crippen molar-refractivity contribution in [2.24, 2.45) is 0 Å². The molecule has 0 unspecified atom stereocenters. The smallest absolute Gasteiger partial charge is 0.169 e. The molecule has 0 spiro atoms. The molecular formula is C14H11NO3S. The minimum absolute atomic E-state index is 0.214. The summed E-state index contributed by atoms with van der Waals surface area (Å²) in [6, 6.07) is 16.7. The lowest BCUT2D eigenvalue weighted by Crippen LogP contribution is -1.93. The van der Waals surface area contributed by atoms with Crippen molar-refractivity contribution in [1.82, 2.24) is 3.97 Å².